The van der Waals surface area contributed by atoms with Crippen molar-refractivity contribution < 1.29 is 4.74 Å². The number of fused-ring (bicyclic) bond motifs is 3. The highest BCUT2D eigenvalue weighted by molar-refractivity contribution is 6.30. The fourth-order valence-electron chi connectivity index (χ4n) is 4.55. The van der Waals surface area contributed by atoms with Gasteiger partial charge >= 0.3 is 0 Å². The first-order valence-corrected chi connectivity index (χ1v) is 10.9. The standard InChI is InChI=1S/C22H25ClN6O/c1-13-9-21(26-14(2)25-13)30-18-6-3-15(4-7-18)22-28-27-20-12-24-11-16-10-17(23)5-8-19(16)29(20)22/h5,8-10,15,18,24H,3-4,6-7,11-12H2,1-2H3/t15-,18-. The number of nitrogens with one attached hydrogen (secondary N) is 1. The quantitative estimate of drug-likeness (QED) is 0.683. The van der Waals surface area contributed by atoms with E-state index < -0.39 is 0 Å². The van der Waals surface area contributed by atoms with Crippen LogP contribution in [0.3, 0.4) is 0 Å². The normalized spacial score (nSPS) is 20.9. The second-order valence-electron chi connectivity index (χ2n) is 8.17. The molecule has 1 N–H and O–H groups in total. The molecule has 3 aromatic rings. The molecule has 1 aromatic carbocycles. The highest BCUT2D eigenvalue weighted by Crippen LogP contribution is 2.36. The summed E-state index contributed by atoms with van der Waals surface area (Å²) >= 11 is 6.23. The molecule has 156 valence electrons. The number of aromatic nitrogens is 5. The van der Waals surface area contributed by atoms with Crippen LogP contribution in [0.1, 0.15) is 60.3 Å². The molecule has 0 bridgehead atoms. The molecule has 0 radical (unpaired) electrons. The molecule has 3 heterocycles. The van der Waals surface area contributed by atoms with E-state index >= 15 is 0 Å². The minimum atomic E-state index is 0.175. The number of ether oxygens (including phenoxy) is 1. The summed E-state index contributed by atoms with van der Waals surface area (Å²) in [5.41, 5.74) is 3.24. The molecule has 0 atom stereocenters. The predicted molar refractivity (Wildman–Crippen MR) is 114 cm³/mol. The Morgan fingerprint density at radius 1 is 1.03 bits per heavy atom. The summed E-state index contributed by atoms with van der Waals surface area (Å²) in [5.74, 6) is 3.79. The minimum absolute atomic E-state index is 0.175. The maximum absolute atomic E-state index is 6.23. The first-order chi connectivity index (χ1) is 14.6. The lowest BCUT2D eigenvalue weighted by Gasteiger charge is -2.28. The van der Waals surface area contributed by atoms with Crippen LogP contribution >= 0.6 is 11.6 Å². The van der Waals surface area contributed by atoms with Crippen molar-refractivity contribution >= 4 is 11.6 Å². The Kier molecular flexibility index (Phi) is 5.16. The number of hydrogen-bond donors (Lipinski definition) is 1. The van der Waals surface area contributed by atoms with Gasteiger partial charge in [-0.3, -0.25) is 4.57 Å². The van der Waals surface area contributed by atoms with E-state index in [1.807, 2.05) is 32.0 Å². The zero-order valence-electron chi connectivity index (χ0n) is 17.2. The van der Waals surface area contributed by atoms with Crippen molar-refractivity contribution in [1.29, 1.82) is 0 Å². The number of aryl methyl sites for hydroxylation is 2. The van der Waals surface area contributed by atoms with Crippen LogP contribution in [0.2, 0.25) is 5.02 Å². The van der Waals surface area contributed by atoms with E-state index in [0.717, 1.165) is 66.1 Å². The van der Waals surface area contributed by atoms with Gasteiger partial charge in [-0.15, -0.1) is 10.2 Å². The Labute approximate surface area is 180 Å². The third-order valence-corrected chi connectivity index (χ3v) is 6.14. The van der Waals surface area contributed by atoms with Gasteiger partial charge in [0.2, 0.25) is 5.88 Å². The van der Waals surface area contributed by atoms with Gasteiger partial charge in [0.15, 0.2) is 5.82 Å². The van der Waals surface area contributed by atoms with Gasteiger partial charge in [-0.2, -0.15) is 4.98 Å². The van der Waals surface area contributed by atoms with E-state index in [-0.39, 0.29) is 6.10 Å². The van der Waals surface area contributed by atoms with Crippen LogP contribution in [0.15, 0.2) is 24.3 Å². The zero-order chi connectivity index (χ0) is 20.7. The number of nitrogens with zero attached hydrogens (tertiary/aromatic N) is 5. The largest absolute Gasteiger partial charge is 0.474 e. The van der Waals surface area contributed by atoms with Gasteiger partial charge in [-0.05, 0) is 63.3 Å². The van der Waals surface area contributed by atoms with Crippen LogP contribution < -0.4 is 10.1 Å². The Balaban J connectivity index is 1.34. The van der Waals surface area contributed by atoms with E-state index in [4.69, 9.17) is 16.3 Å². The van der Waals surface area contributed by atoms with E-state index in [1.165, 1.54) is 5.56 Å². The van der Waals surface area contributed by atoms with Gasteiger partial charge in [-0.25, -0.2) is 4.98 Å². The average molecular weight is 425 g/mol. The van der Waals surface area contributed by atoms with Crippen molar-refractivity contribution in [1.82, 2.24) is 30.0 Å². The summed E-state index contributed by atoms with van der Waals surface area (Å²) in [6.07, 6.45) is 4.15. The Morgan fingerprint density at radius 2 is 1.87 bits per heavy atom. The molecule has 0 saturated heterocycles. The third-order valence-electron chi connectivity index (χ3n) is 5.91. The van der Waals surface area contributed by atoms with E-state index in [2.05, 4.69) is 36.1 Å². The van der Waals surface area contributed by atoms with Gasteiger partial charge in [0.1, 0.15) is 17.8 Å². The maximum atomic E-state index is 6.23. The van der Waals surface area contributed by atoms with Crippen molar-refractivity contribution in [2.75, 3.05) is 0 Å². The molecule has 7 nitrogen and oxygen atoms in total. The fraction of sp³-hybridized carbons (Fsp3) is 0.455. The van der Waals surface area contributed by atoms with Crippen molar-refractivity contribution in [3.8, 4) is 11.6 Å². The summed E-state index contributed by atoms with van der Waals surface area (Å²) in [5, 5.41) is 13.3. The lowest BCUT2D eigenvalue weighted by Crippen LogP contribution is -2.25. The molecule has 1 aliphatic heterocycles. The second kappa shape index (κ2) is 7.96. The topological polar surface area (TPSA) is 77.8 Å². The maximum Gasteiger partial charge on any atom is 0.217 e. The first-order valence-electron chi connectivity index (χ1n) is 10.5. The van der Waals surface area contributed by atoms with Crippen LogP contribution in [0.5, 0.6) is 5.88 Å². The molecule has 8 heteroatoms. The summed E-state index contributed by atoms with van der Waals surface area (Å²) in [6.45, 7) is 5.34. The molecule has 5 rings (SSSR count). The molecule has 1 aliphatic carbocycles. The highest BCUT2D eigenvalue weighted by atomic mass is 35.5. The van der Waals surface area contributed by atoms with E-state index in [9.17, 15) is 0 Å². The van der Waals surface area contributed by atoms with Gasteiger partial charge < -0.3 is 10.1 Å². The predicted octanol–water partition coefficient (Wildman–Crippen LogP) is 4.04. The van der Waals surface area contributed by atoms with Gasteiger partial charge in [0, 0.05) is 29.2 Å². The minimum Gasteiger partial charge on any atom is -0.474 e. The summed E-state index contributed by atoms with van der Waals surface area (Å²) in [4.78, 5) is 8.74. The van der Waals surface area contributed by atoms with Crippen LogP contribution in [0, 0.1) is 13.8 Å². The van der Waals surface area contributed by atoms with Crippen molar-refractivity contribution in [2.45, 2.75) is 64.6 Å². The lowest BCUT2D eigenvalue weighted by atomic mass is 9.86. The van der Waals surface area contributed by atoms with Crippen LogP contribution in [0.4, 0.5) is 0 Å². The van der Waals surface area contributed by atoms with Crippen LogP contribution in [-0.2, 0) is 13.1 Å². The van der Waals surface area contributed by atoms with Gasteiger partial charge in [0.05, 0.1) is 12.2 Å². The number of benzene rings is 1. The third kappa shape index (κ3) is 3.79. The summed E-state index contributed by atoms with van der Waals surface area (Å²) in [7, 11) is 0. The van der Waals surface area contributed by atoms with Crippen molar-refractivity contribution in [2.24, 2.45) is 0 Å². The number of hydrogen-bond acceptors (Lipinski definition) is 6. The Bertz CT molecular complexity index is 1050. The molecular formula is C22H25ClN6O. The summed E-state index contributed by atoms with van der Waals surface area (Å²) in [6, 6.07) is 7.96. The second-order valence-corrected chi connectivity index (χ2v) is 8.61. The lowest BCUT2D eigenvalue weighted by molar-refractivity contribution is 0.138. The van der Waals surface area contributed by atoms with Crippen molar-refractivity contribution in [3.05, 3.63) is 58.0 Å². The first kappa shape index (κ1) is 19.5. The molecule has 0 unspecified atom stereocenters. The Hall–Kier alpha value is -2.51. The summed E-state index contributed by atoms with van der Waals surface area (Å²) < 4.78 is 8.40. The van der Waals surface area contributed by atoms with Gasteiger partial charge in [0.25, 0.3) is 0 Å². The number of rotatable bonds is 3. The molecule has 1 saturated carbocycles. The molecule has 1 fully saturated rings. The smallest absolute Gasteiger partial charge is 0.217 e. The van der Waals surface area contributed by atoms with E-state index in [1.54, 1.807) is 0 Å². The Morgan fingerprint density at radius 3 is 2.67 bits per heavy atom. The average Bonchev–Trinajstić information content (AvgIpc) is 3.03. The SMILES string of the molecule is Cc1cc(O[C@H]2CC[C@H](c3nnc4n3-c3ccc(Cl)cc3CNC4)CC2)nc(C)n1. The van der Waals surface area contributed by atoms with E-state index in [0.29, 0.717) is 18.3 Å². The number of halogens is 1. The van der Waals surface area contributed by atoms with Gasteiger partial charge in [-0.1, -0.05) is 11.6 Å². The monoisotopic (exact) mass is 424 g/mol. The molecule has 2 aromatic heterocycles. The molecule has 2 aliphatic rings. The molecule has 30 heavy (non-hydrogen) atoms. The van der Waals surface area contributed by atoms with Crippen LogP contribution in [0.25, 0.3) is 5.69 Å². The fourth-order valence-corrected chi connectivity index (χ4v) is 4.74. The molecular weight excluding hydrogens is 400 g/mol. The zero-order valence-corrected chi connectivity index (χ0v) is 18.0. The highest BCUT2D eigenvalue weighted by Gasteiger charge is 2.30. The van der Waals surface area contributed by atoms with Crippen LogP contribution in [-0.4, -0.2) is 30.8 Å². The molecule has 0 amide bonds. The molecule has 0 spiro atoms. The van der Waals surface area contributed by atoms with Crippen molar-refractivity contribution in [3.63, 3.8) is 0 Å².